The van der Waals surface area contributed by atoms with Crippen LogP contribution in [-0.4, -0.2) is 44.7 Å². The van der Waals surface area contributed by atoms with E-state index in [0.717, 1.165) is 24.2 Å². The van der Waals surface area contributed by atoms with Crippen LogP contribution in [0, 0.1) is 0 Å². The molecule has 0 saturated heterocycles. The summed E-state index contributed by atoms with van der Waals surface area (Å²) >= 11 is 6.22. The molecule has 0 N–H and O–H groups in total. The van der Waals surface area contributed by atoms with Crippen LogP contribution in [0.15, 0.2) is 24.3 Å². The van der Waals surface area contributed by atoms with E-state index in [-0.39, 0.29) is 12.5 Å². The lowest BCUT2D eigenvalue weighted by atomic mass is 10.2. The molecular formula is C15H18ClN5O2. The van der Waals surface area contributed by atoms with Crippen molar-refractivity contribution in [3.8, 4) is 0 Å². The zero-order valence-electron chi connectivity index (χ0n) is 12.9. The number of rotatable bonds is 7. The quantitative estimate of drug-likeness (QED) is 0.719. The SMILES string of the molecule is COC(=O)CN(Cc1ccccc1Cl)Cc1nnnn1C1CC1. The molecular weight excluding hydrogens is 318 g/mol. The summed E-state index contributed by atoms with van der Waals surface area (Å²) in [6.45, 7) is 1.13. The molecule has 0 atom stereocenters. The number of tetrazole rings is 1. The summed E-state index contributed by atoms with van der Waals surface area (Å²) in [6, 6.07) is 7.97. The monoisotopic (exact) mass is 335 g/mol. The maximum absolute atomic E-state index is 11.7. The fraction of sp³-hybridized carbons (Fsp3) is 0.467. The minimum absolute atomic E-state index is 0.152. The molecule has 0 unspecified atom stereocenters. The predicted octanol–water partition coefficient (Wildman–Crippen LogP) is 1.84. The molecule has 2 aromatic rings. The van der Waals surface area contributed by atoms with Gasteiger partial charge in [-0.1, -0.05) is 29.8 Å². The van der Waals surface area contributed by atoms with Crippen molar-refractivity contribution in [3.63, 3.8) is 0 Å². The maximum Gasteiger partial charge on any atom is 0.319 e. The lowest BCUT2D eigenvalue weighted by Crippen LogP contribution is -2.31. The third kappa shape index (κ3) is 4.05. The van der Waals surface area contributed by atoms with Gasteiger partial charge < -0.3 is 4.74 Å². The highest BCUT2D eigenvalue weighted by Crippen LogP contribution is 2.34. The minimum atomic E-state index is -0.303. The summed E-state index contributed by atoms with van der Waals surface area (Å²) in [4.78, 5) is 13.6. The second-order valence-electron chi connectivity index (χ2n) is 5.58. The van der Waals surface area contributed by atoms with Crippen molar-refractivity contribution in [2.75, 3.05) is 13.7 Å². The molecule has 1 aliphatic carbocycles. The average molecular weight is 336 g/mol. The molecule has 0 radical (unpaired) electrons. The van der Waals surface area contributed by atoms with Gasteiger partial charge in [0, 0.05) is 11.6 Å². The Labute approximate surface area is 139 Å². The molecule has 1 heterocycles. The minimum Gasteiger partial charge on any atom is -0.468 e. The number of benzene rings is 1. The molecule has 3 rings (SSSR count). The number of carbonyl (C=O) groups is 1. The van der Waals surface area contributed by atoms with Gasteiger partial charge in [0.15, 0.2) is 5.82 Å². The Balaban J connectivity index is 1.76. The normalized spacial score (nSPS) is 14.2. The molecule has 1 aliphatic rings. The standard InChI is InChI=1S/C15H18ClN5O2/c1-23-15(22)10-20(8-11-4-2-3-5-13(11)16)9-14-17-18-19-21(14)12-6-7-12/h2-5,12H,6-10H2,1H3. The maximum atomic E-state index is 11.7. The number of aromatic nitrogens is 4. The second kappa shape index (κ2) is 7.06. The topological polar surface area (TPSA) is 73.1 Å². The van der Waals surface area contributed by atoms with Gasteiger partial charge in [-0.15, -0.1) is 5.10 Å². The molecule has 0 amide bonds. The molecule has 7 nitrogen and oxygen atoms in total. The van der Waals surface area contributed by atoms with Crippen LogP contribution in [0.1, 0.15) is 30.3 Å². The highest BCUT2D eigenvalue weighted by Gasteiger charge is 2.28. The first-order valence-corrected chi connectivity index (χ1v) is 7.84. The van der Waals surface area contributed by atoms with Crippen LogP contribution < -0.4 is 0 Å². The van der Waals surface area contributed by atoms with Crippen molar-refractivity contribution in [2.24, 2.45) is 0 Å². The number of methoxy groups -OCH3 is 1. The first kappa shape index (κ1) is 15.9. The van der Waals surface area contributed by atoms with E-state index < -0.39 is 0 Å². The first-order chi connectivity index (χ1) is 11.2. The highest BCUT2D eigenvalue weighted by atomic mass is 35.5. The van der Waals surface area contributed by atoms with E-state index in [1.807, 2.05) is 33.8 Å². The average Bonchev–Trinajstić information content (AvgIpc) is 3.29. The van der Waals surface area contributed by atoms with Crippen molar-refractivity contribution in [3.05, 3.63) is 40.7 Å². The van der Waals surface area contributed by atoms with Crippen LogP contribution in [0.3, 0.4) is 0 Å². The molecule has 8 heteroatoms. The second-order valence-corrected chi connectivity index (χ2v) is 5.99. The van der Waals surface area contributed by atoms with E-state index in [9.17, 15) is 4.79 Å². The molecule has 1 aromatic carbocycles. The van der Waals surface area contributed by atoms with Crippen LogP contribution in [0.5, 0.6) is 0 Å². The molecule has 0 spiro atoms. The van der Waals surface area contributed by atoms with E-state index >= 15 is 0 Å². The fourth-order valence-electron chi connectivity index (χ4n) is 2.40. The van der Waals surface area contributed by atoms with Crippen molar-refractivity contribution in [1.82, 2.24) is 25.1 Å². The van der Waals surface area contributed by atoms with Crippen LogP contribution in [0.2, 0.25) is 5.02 Å². The lowest BCUT2D eigenvalue weighted by Gasteiger charge is -2.21. The first-order valence-electron chi connectivity index (χ1n) is 7.46. The Morgan fingerprint density at radius 2 is 2.17 bits per heavy atom. The molecule has 0 aliphatic heterocycles. The van der Waals surface area contributed by atoms with Crippen molar-refractivity contribution in [1.29, 1.82) is 0 Å². The number of ether oxygens (including phenoxy) is 1. The van der Waals surface area contributed by atoms with Gasteiger partial charge in [0.05, 0.1) is 26.2 Å². The summed E-state index contributed by atoms with van der Waals surface area (Å²) in [7, 11) is 1.38. The third-order valence-corrected chi connectivity index (χ3v) is 4.12. The zero-order chi connectivity index (χ0) is 16.2. The van der Waals surface area contributed by atoms with E-state index in [4.69, 9.17) is 16.3 Å². The van der Waals surface area contributed by atoms with Gasteiger partial charge in [0.2, 0.25) is 0 Å². The molecule has 23 heavy (non-hydrogen) atoms. The molecule has 0 bridgehead atoms. The van der Waals surface area contributed by atoms with E-state index in [2.05, 4.69) is 15.5 Å². The van der Waals surface area contributed by atoms with E-state index in [1.54, 1.807) is 0 Å². The smallest absolute Gasteiger partial charge is 0.319 e. The number of carbonyl (C=O) groups excluding carboxylic acids is 1. The number of hydrogen-bond donors (Lipinski definition) is 0. The van der Waals surface area contributed by atoms with Crippen LogP contribution in [0.4, 0.5) is 0 Å². The van der Waals surface area contributed by atoms with E-state index in [1.165, 1.54) is 7.11 Å². The third-order valence-electron chi connectivity index (χ3n) is 3.75. The van der Waals surface area contributed by atoms with Gasteiger partial charge in [-0.2, -0.15) is 0 Å². The number of nitrogens with zero attached hydrogens (tertiary/aromatic N) is 5. The Bertz CT molecular complexity index is 686. The number of esters is 1. The Morgan fingerprint density at radius 1 is 1.39 bits per heavy atom. The fourth-order valence-corrected chi connectivity index (χ4v) is 2.60. The summed E-state index contributed by atoms with van der Waals surface area (Å²) < 4.78 is 6.63. The zero-order valence-corrected chi connectivity index (χ0v) is 13.6. The van der Waals surface area contributed by atoms with Gasteiger partial charge in [0.25, 0.3) is 0 Å². The van der Waals surface area contributed by atoms with Gasteiger partial charge in [-0.05, 0) is 34.9 Å². The van der Waals surface area contributed by atoms with Crippen molar-refractivity contribution >= 4 is 17.6 Å². The summed E-state index contributed by atoms with van der Waals surface area (Å²) in [5, 5.41) is 12.6. The van der Waals surface area contributed by atoms with Crippen LogP contribution in [-0.2, 0) is 22.6 Å². The molecule has 1 aromatic heterocycles. The highest BCUT2D eigenvalue weighted by molar-refractivity contribution is 6.31. The molecule has 122 valence electrons. The van der Waals surface area contributed by atoms with E-state index in [0.29, 0.717) is 24.2 Å². The Hall–Kier alpha value is -1.99. The van der Waals surface area contributed by atoms with Gasteiger partial charge >= 0.3 is 5.97 Å². The largest absolute Gasteiger partial charge is 0.468 e. The van der Waals surface area contributed by atoms with Crippen LogP contribution in [0.25, 0.3) is 0 Å². The Kier molecular flexibility index (Phi) is 4.88. The van der Waals surface area contributed by atoms with Crippen molar-refractivity contribution < 1.29 is 9.53 Å². The van der Waals surface area contributed by atoms with Crippen LogP contribution >= 0.6 is 11.6 Å². The van der Waals surface area contributed by atoms with Gasteiger partial charge in [-0.25, -0.2) is 4.68 Å². The van der Waals surface area contributed by atoms with Gasteiger partial charge in [-0.3, -0.25) is 9.69 Å². The summed E-state index contributed by atoms with van der Waals surface area (Å²) in [5.74, 6) is 0.450. The summed E-state index contributed by atoms with van der Waals surface area (Å²) in [6.07, 6.45) is 2.19. The van der Waals surface area contributed by atoms with Gasteiger partial charge in [0.1, 0.15) is 0 Å². The number of hydrogen-bond acceptors (Lipinski definition) is 6. The number of halogens is 1. The lowest BCUT2D eigenvalue weighted by molar-refractivity contribution is -0.142. The molecule has 1 saturated carbocycles. The predicted molar refractivity (Wildman–Crippen MR) is 83.7 cm³/mol. The molecule has 1 fully saturated rings. The summed E-state index contributed by atoms with van der Waals surface area (Å²) in [5.41, 5.74) is 0.948. The van der Waals surface area contributed by atoms with Crippen molar-refractivity contribution in [2.45, 2.75) is 32.0 Å². The Morgan fingerprint density at radius 3 is 2.87 bits per heavy atom.